The van der Waals surface area contributed by atoms with Crippen LogP contribution in [0.3, 0.4) is 0 Å². The Labute approximate surface area is 217 Å². The maximum Gasteiger partial charge on any atom is 0.573 e. The lowest BCUT2D eigenvalue weighted by atomic mass is 9.96. The Morgan fingerprint density at radius 1 is 0.971 bits per heavy atom. The van der Waals surface area contributed by atoms with Gasteiger partial charge in [0.25, 0.3) is 0 Å². The van der Waals surface area contributed by atoms with Crippen LogP contribution in [0.2, 0.25) is 0 Å². The van der Waals surface area contributed by atoms with Gasteiger partial charge in [0.15, 0.2) is 0 Å². The van der Waals surface area contributed by atoms with Gasteiger partial charge in [0.1, 0.15) is 5.75 Å². The van der Waals surface area contributed by atoms with Gasteiger partial charge in [-0.15, -0.1) is 13.2 Å². The molecule has 0 amide bonds. The Balaban J connectivity index is 2.05. The van der Waals surface area contributed by atoms with E-state index in [2.05, 4.69) is 16.6 Å². The first-order chi connectivity index (χ1) is 16.7. The molecule has 0 aliphatic heterocycles. The average molecular weight is 597 g/mol. The molecule has 0 spiro atoms. The predicted molar refractivity (Wildman–Crippen MR) is 137 cm³/mol. The maximum absolute atomic E-state index is 12.8. The molecule has 35 heavy (non-hydrogen) atoms. The molecule has 0 saturated heterocycles. The number of hydrogen-bond acceptors (Lipinski definition) is 4. The van der Waals surface area contributed by atoms with Crippen molar-refractivity contribution in [1.82, 2.24) is 4.90 Å². The molecule has 3 aromatic carbocycles. The zero-order valence-corrected chi connectivity index (χ0v) is 21.6. The van der Waals surface area contributed by atoms with Crippen molar-refractivity contribution in [1.29, 1.82) is 0 Å². The summed E-state index contributed by atoms with van der Waals surface area (Å²) in [5.74, 6) is -0.649. The lowest BCUT2D eigenvalue weighted by Gasteiger charge is -2.37. The fraction of sp³-hybridized carbons (Fsp3) is 0.296. The molecule has 0 saturated carbocycles. The Morgan fingerprint density at radius 2 is 1.60 bits per heavy atom. The molecule has 0 radical (unpaired) electrons. The summed E-state index contributed by atoms with van der Waals surface area (Å²) in [5.41, 5.74) is 2.82. The summed E-state index contributed by atoms with van der Waals surface area (Å²) in [6.07, 6.45) is -4.74. The number of halogens is 4. The van der Waals surface area contributed by atoms with Gasteiger partial charge in [0, 0.05) is 18.6 Å². The summed E-state index contributed by atoms with van der Waals surface area (Å²) >= 11 is 1.83. The first kappa shape index (κ1) is 27.0. The van der Waals surface area contributed by atoms with Crippen LogP contribution in [0.25, 0.3) is 0 Å². The molecule has 0 unspecified atom stereocenters. The lowest BCUT2D eigenvalue weighted by Crippen LogP contribution is -2.33. The second kappa shape index (κ2) is 12.4. The van der Waals surface area contributed by atoms with E-state index in [9.17, 15) is 18.0 Å². The fourth-order valence-electron chi connectivity index (χ4n) is 3.97. The van der Waals surface area contributed by atoms with Crippen molar-refractivity contribution in [3.05, 3.63) is 99.1 Å². The highest BCUT2D eigenvalue weighted by molar-refractivity contribution is 14.1. The van der Waals surface area contributed by atoms with E-state index in [-0.39, 0.29) is 30.8 Å². The molecule has 3 aromatic rings. The quantitative estimate of drug-likeness (QED) is 0.180. The first-order valence-electron chi connectivity index (χ1n) is 11.2. The second-order valence-corrected chi connectivity index (χ2v) is 9.17. The van der Waals surface area contributed by atoms with Gasteiger partial charge in [0.2, 0.25) is 0 Å². The number of carbonyl (C=O) groups excluding carboxylic acids is 1. The van der Waals surface area contributed by atoms with Crippen LogP contribution in [-0.4, -0.2) is 23.8 Å². The van der Waals surface area contributed by atoms with Crippen LogP contribution in [0.5, 0.6) is 5.75 Å². The number of nitrogens with zero attached hydrogens (tertiary/aromatic N) is 1. The third-order valence-corrected chi connectivity index (χ3v) is 6.46. The average Bonchev–Trinajstić information content (AvgIpc) is 2.83. The smallest absolute Gasteiger partial charge is 0.466 e. The highest BCUT2D eigenvalue weighted by Crippen LogP contribution is 2.37. The van der Waals surface area contributed by atoms with Gasteiger partial charge in [-0.25, -0.2) is 0 Å². The lowest BCUT2D eigenvalue weighted by molar-refractivity contribution is -0.275. The Kier molecular flexibility index (Phi) is 9.56. The van der Waals surface area contributed by atoms with Crippen molar-refractivity contribution in [2.75, 3.05) is 6.61 Å². The molecule has 0 fully saturated rings. The number of hydrogen-bond donors (Lipinski definition) is 0. The van der Waals surface area contributed by atoms with E-state index < -0.39 is 12.4 Å². The number of benzene rings is 3. The first-order valence-corrected chi connectivity index (χ1v) is 12.3. The molecule has 2 atom stereocenters. The number of esters is 1. The predicted octanol–water partition coefficient (Wildman–Crippen LogP) is 7.45. The molecular weight excluding hydrogens is 570 g/mol. The van der Waals surface area contributed by atoms with E-state index >= 15 is 0 Å². The molecule has 0 aliphatic rings. The van der Waals surface area contributed by atoms with Gasteiger partial charge in [-0.05, 0) is 65.3 Å². The van der Waals surface area contributed by atoms with Crippen molar-refractivity contribution < 1.29 is 27.4 Å². The topological polar surface area (TPSA) is 38.8 Å². The Bertz CT molecular complexity index is 1090. The van der Waals surface area contributed by atoms with Crippen molar-refractivity contribution in [2.24, 2.45) is 0 Å². The number of carbonyl (C=O) groups is 1. The number of alkyl halides is 3. The molecule has 3 rings (SSSR count). The molecule has 0 bridgehead atoms. The van der Waals surface area contributed by atoms with E-state index in [0.29, 0.717) is 15.7 Å². The largest absolute Gasteiger partial charge is 0.573 e. The molecule has 0 aromatic heterocycles. The summed E-state index contributed by atoms with van der Waals surface area (Å²) in [4.78, 5) is 14.8. The van der Waals surface area contributed by atoms with Crippen LogP contribution in [-0.2, 0) is 16.1 Å². The highest BCUT2D eigenvalue weighted by Gasteiger charge is 2.33. The van der Waals surface area contributed by atoms with Crippen LogP contribution in [0.4, 0.5) is 13.2 Å². The molecule has 186 valence electrons. The van der Waals surface area contributed by atoms with E-state index in [1.165, 1.54) is 6.07 Å². The van der Waals surface area contributed by atoms with E-state index in [1.54, 1.807) is 19.1 Å². The molecule has 0 N–H and O–H groups in total. The van der Waals surface area contributed by atoms with Crippen LogP contribution < -0.4 is 4.74 Å². The van der Waals surface area contributed by atoms with Crippen LogP contribution >= 0.6 is 22.6 Å². The number of rotatable bonds is 10. The molecular formula is C27H27F3INO3. The maximum atomic E-state index is 12.8. The van der Waals surface area contributed by atoms with Crippen molar-refractivity contribution in [3.63, 3.8) is 0 Å². The summed E-state index contributed by atoms with van der Waals surface area (Å²) in [7, 11) is 0. The third-order valence-electron chi connectivity index (χ3n) is 5.62. The van der Waals surface area contributed by atoms with Crippen LogP contribution in [0.1, 0.15) is 49.0 Å². The minimum absolute atomic E-state index is 0.0490. The van der Waals surface area contributed by atoms with Crippen molar-refractivity contribution >= 4 is 28.6 Å². The summed E-state index contributed by atoms with van der Waals surface area (Å²) in [6, 6.07) is 23.7. The van der Waals surface area contributed by atoms with Crippen LogP contribution in [0, 0.1) is 3.57 Å². The normalized spacial score (nSPS) is 13.3. The SMILES string of the molecule is CCOC(=O)C[C@@H](c1ccc(OC(F)(F)F)c(I)c1)N(Cc1ccccc1)[C@H](C)c1ccccc1. The van der Waals surface area contributed by atoms with Gasteiger partial charge in [0.05, 0.1) is 16.6 Å². The Morgan fingerprint density at radius 3 is 2.17 bits per heavy atom. The second-order valence-electron chi connectivity index (χ2n) is 8.01. The highest BCUT2D eigenvalue weighted by atomic mass is 127. The third kappa shape index (κ3) is 7.96. The zero-order valence-electron chi connectivity index (χ0n) is 19.5. The number of ether oxygens (including phenoxy) is 2. The standard InChI is InChI=1S/C27H27F3INO3/c1-3-34-26(33)17-24(22-14-15-25(23(31)16-22)35-27(28,29)30)32(18-20-10-6-4-7-11-20)19(2)21-12-8-5-9-13-21/h4-16,19,24H,3,17-18H2,1-2H3/t19-,24+/m1/s1. The molecule has 0 heterocycles. The molecule has 4 nitrogen and oxygen atoms in total. The minimum atomic E-state index is -4.78. The van der Waals surface area contributed by atoms with E-state index in [0.717, 1.165) is 11.1 Å². The fourth-order valence-corrected chi connectivity index (χ4v) is 4.62. The summed E-state index contributed by atoms with van der Waals surface area (Å²) in [5, 5.41) is 0. The van der Waals surface area contributed by atoms with E-state index in [1.807, 2.05) is 83.3 Å². The zero-order chi connectivity index (χ0) is 25.4. The van der Waals surface area contributed by atoms with Gasteiger partial charge < -0.3 is 9.47 Å². The molecule has 8 heteroatoms. The van der Waals surface area contributed by atoms with Crippen molar-refractivity contribution in [2.45, 2.75) is 45.3 Å². The van der Waals surface area contributed by atoms with Gasteiger partial charge in [-0.1, -0.05) is 66.7 Å². The van der Waals surface area contributed by atoms with Crippen molar-refractivity contribution in [3.8, 4) is 5.75 Å². The monoisotopic (exact) mass is 597 g/mol. The van der Waals surface area contributed by atoms with Gasteiger partial charge >= 0.3 is 12.3 Å². The Hall–Kier alpha value is -2.59. The summed E-state index contributed by atoms with van der Waals surface area (Å²) < 4.78 is 48.1. The van der Waals surface area contributed by atoms with Gasteiger partial charge in [-0.3, -0.25) is 9.69 Å². The van der Waals surface area contributed by atoms with Gasteiger partial charge in [-0.2, -0.15) is 0 Å². The molecule has 0 aliphatic carbocycles. The minimum Gasteiger partial charge on any atom is -0.466 e. The van der Waals surface area contributed by atoms with Crippen LogP contribution in [0.15, 0.2) is 78.9 Å². The van der Waals surface area contributed by atoms with E-state index in [4.69, 9.17) is 4.74 Å². The summed E-state index contributed by atoms with van der Waals surface area (Å²) in [6.45, 7) is 4.57.